The van der Waals surface area contributed by atoms with Crippen LogP contribution < -0.4 is 0 Å². The molecule has 5 aromatic rings. The Morgan fingerprint density at radius 2 is 1.07 bits per heavy atom. The third-order valence-corrected chi connectivity index (χ3v) is 9.45. The number of ketones is 1. The second-order valence-electron chi connectivity index (χ2n) is 8.92. The van der Waals surface area contributed by atoms with Gasteiger partial charge in [0.05, 0.1) is 23.1 Å². The molecule has 0 bridgehead atoms. The van der Waals surface area contributed by atoms with Crippen LogP contribution in [0, 0.1) is 0 Å². The number of aliphatic hydroxyl groups is 1. The van der Waals surface area contributed by atoms with Gasteiger partial charge in [0.1, 0.15) is 0 Å². The fraction of sp³-hybridized carbons (Fsp3) is 0.0606. The Hall–Kier alpha value is -3.78. The van der Waals surface area contributed by atoms with Crippen LogP contribution in [0.1, 0.15) is 27.0 Å². The fourth-order valence-electron chi connectivity index (χ4n) is 4.13. The van der Waals surface area contributed by atoms with Crippen LogP contribution in [-0.2, 0) is 23.7 Å². The van der Waals surface area contributed by atoms with E-state index in [1.165, 1.54) is 12.1 Å². The van der Waals surface area contributed by atoms with Crippen molar-refractivity contribution in [2.75, 3.05) is 0 Å². The summed E-state index contributed by atoms with van der Waals surface area (Å²) in [5.41, 5.74) is 1.35. The summed E-state index contributed by atoms with van der Waals surface area (Å²) in [6.45, 7) is -0.0817. The van der Waals surface area contributed by atoms with Crippen molar-refractivity contribution >= 4 is 28.4 Å². The minimum absolute atomic E-state index is 0.0242. The van der Waals surface area contributed by atoms with E-state index in [9.17, 15) is 23.1 Å². The monoisotopic (exact) mass is 573 g/mol. The summed E-state index contributed by atoms with van der Waals surface area (Å²) < 4.78 is 39.5. The summed E-state index contributed by atoms with van der Waals surface area (Å²) in [7, 11) is -0.637. The molecule has 1 unspecified atom stereocenters. The van der Waals surface area contributed by atoms with Crippen LogP contribution >= 0.6 is 11.8 Å². The molecule has 1 atom stereocenters. The fourth-order valence-corrected chi connectivity index (χ4v) is 6.99. The predicted molar refractivity (Wildman–Crippen MR) is 153 cm³/mol. The van der Waals surface area contributed by atoms with Crippen molar-refractivity contribution in [3.8, 4) is 0 Å². The van der Waals surface area contributed by atoms with Crippen LogP contribution in [0.3, 0.4) is 0 Å². The Morgan fingerprint density at radius 3 is 1.57 bits per heavy atom. The first-order valence-corrected chi connectivity index (χ1v) is 14.4. The minimum atomic E-state index is -4.40. The lowest BCUT2D eigenvalue weighted by atomic mass is 10.0. The highest BCUT2D eigenvalue weighted by Gasteiger charge is 2.33. The topological polar surface area (TPSA) is 37.3 Å². The third-order valence-electron chi connectivity index (χ3n) is 6.21. The van der Waals surface area contributed by atoms with Crippen LogP contribution in [-0.4, -0.2) is 10.9 Å². The number of carbonyl (C=O) groups excluding carboxylic acids is 1. The van der Waals surface area contributed by atoms with Gasteiger partial charge in [-0.3, -0.25) is 4.79 Å². The molecule has 0 aliphatic heterocycles. The van der Waals surface area contributed by atoms with Gasteiger partial charge in [-0.15, -0.1) is 0 Å². The number of aliphatic hydroxyl groups excluding tert-OH is 1. The smallest absolute Gasteiger partial charge is 0.392 e. The van der Waals surface area contributed by atoms with Crippen LogP contribution in [0.4, 0.5) is 13.2 Å². The molecule has 0 radical (unpaired) electrons. The summed E-state index contributed by atoms with van der Waals surface area (Å²) in [6.07, 6.45) is -4.40. The van der Waals surface area contributed by atoms with Gasteiger partial charge in [0.15, 0.2) is 20.5 Å². The van der Waals surface area contributed by atoms with E-state index in [-0.39, 0.29) is 12.4 Å². The summed E-state index contributed by atoms with van der Waals surface area (Å²) in [5.74, 6) is -0.0242. The van der Waals surface area contributed by atoms with Gasteiger partial charge in [0, 0.05) is 20.9 Å². The molecule has 1 N–H and O–H groups in total. The summed E-state index contributed by atoms with van der Waals surface area (Å²) in [5, 5.41) is 9.43. The Kier molecular flexibility index (Phi) is 8.45. The molecule has 0 saturated carbocycles. The highest BCUT2D eigenvalue weighted by Crippen LogP contribution is 2.36. The normalized spacial score (nSPS) is 12.2. The first kappa shape index (κ1) is 27.8. The SMILES string of the molecule is O=C(c1ccccc1)c1ccc(Sc2ccc([S+](c3ccc(CO)cc3)c3ccc(C(F)(F)F)cc3)cc2)cc1. The van der Waals surface area contributed by atoms with Crippen LogP contribution in [0.2, 0.25) is 0 Å². The molecule has 40 heavy (non-hydrogen) atoms. The van der Waals surface area contributed by atoms with E-state index in [2.05, 4.69) is 0 Å². The Balaban J connectivity index is 1.38. The van der Waals surface area contributed by atoms with Crippen molar-refractivity contribution in [1.82, 2.24) is 0 Å². The molecule has 0 aliphatic rings. The van der Waals surface area contributed by atoms with Gasteiger partial charge in [-0.2, -0.15) is 13.2 Å². The van der Waals surface area contributed by atoms with E-state index < -0.39 is 22.6 Å². The number of alkyl halides is 3. The molecule has 200 valence electrons. The van der Waals surface area contributed by atoms with Crippen molar-refractivity contribution in [1.29, 1.82) is 0 Å². The maximum atomic E-state index is 13.2. The Labute approximate surface area is 237 Å². The highest BCUT2D eigenvalue weighted by molar-refractivity contribution is 7.99. The lowest BCUT2D eigenvalue weighted by Crippen LogP contribution is -2.08. The number of hydrogen-bond acceptors (Lipinski definition) is 3. The number of rotatable bonds is 8. The van der Waals surface area contributed by atoms with E-state index >= 15 is 0 Å². The van der Waals surface area contributed by atoms with Gasteiger partial charge in [-0.25, -0.2) is 0 Å². The van der Waals surface area contributed by atoms with E-state index in [1.54, 1.807) is 23.9 Å². The summed E-state index contributed by atoms with van der Waals surface area (Å²) in [6, 6.07) is 37.4. The third kappa shape index (κ3) is 6.50. The molecular formula is C33H24F3O2S2+. The van der Waals surface area contributed by atoms with E-state index in [4.69, 9.17) is 0 Å². The van der Waals surface area contributed by atoms with Gasteiger partial charge in [0.25, 0.3) is 0 Å². The Bertz CT molecular complexity index is 1570. The number of benzene rings is 5. The zero-order valence-corrected chi connectivity index (χ0v) is 22.8. The molecule has 5 aromatic carbocycles. The molecule has 0 heterocycles. The molecule has 5 rings (SSSR count). The van der Waals surface area contributed by atoms with E-state index in [0.29, 0.717) is 11.1 Å². The van der Waals surface area contributed by atoms with Gasteiger partial charge in [0.2, 0.25) is 0 Å². The second-order valence-corrected chi connectivity index (χ2v) is 12.1. The van der Waals surface area contributed by atoms with Gasteiger partial charge < -0.3 is 5.11 Å². The lowest BCUT2D eigenvalue weighted by Gasteiger charge is -2.11. The van der Waals surface area contributed by atoms with Crippen molar-refractivity contribution in [2.45, 2.75) is 37.3 Å². The van der Waals surface area contributed by atoms with Gasteiger partial charge >= 0.3 is 6.18 Å². The molecule has 0 aliphatic carbocycles. The molecular weight excluding hydrogens is 549 g/mol. The first-order valence-electron chi connectivity index (χ1n) is 12.4. The Morgan fingerprint density at radius 1 is 0.625 bits per heavy atom. The number of halogens is 3. The van der Waals surface area contributed by atoms with Crippen LogP contribution in [0.25, 0.3) is 0 Å². The molecule has 0 fully saturated rings. The van der Waals surface area contributed by atoms with Crippen molar-refractivity contribution in [2.24, 2.45) is 0 Å². The van der Waals surface area contributed by atoms with E-state index in [0.717, 1.165) is 42.2 Å². The van der Waals surface area contributed by atoms with Gasteiger partial charge in [-0.05, 0) is 90.5 Å². The lowest BCUT2D eigenvalue weighted by molar-refractivity contribution is -0.137. The van der Waals surface area contributed by atoms with E-state index in [1.807, 2.05) is 91.0 Å². The van der Waals surface area contributed by atoms with Crippen molar-refractivity contribution < 1.29 is 23.1 Å². The molecule has 0 aromatic heterocycles. The largest absolute Gasteiger partial charge is 0.416 e. The summed E-state index contributed by atoms with van der Waals surface area (Å²) in [4.78, 5) is 17.3. The van der Waals surface area contributed by atoms with Gasteiger partial charge in [-0.1, -0.05) is 54.2 Å². The quantitative estimate of drug-likeness (QED) is 0.149. The minimum Gasteiger partial charge on any atom is -0.392 e. The zero-order valence-electron chi connectivity index (χ0n) is 21.1. The standard InChI is InChI=1S/C33H24F3O2S2/c34-33(35,36)26-10-18-30(19-11-26)40(29-16-6-23(22-37)7-17-29)31-20-14-28(15-21-31)39-27-12-8-25(9-13-27)32(38)24-4-2-1-3-5-24/h1-21,37H,22H2/q+1. The number of hydrogen-bond donors (Lipinski definition) is 1. The van der Waals surface area contributed by atoms with Crippen LogP contribution in [0.15, 0.2) is 152 Å². The second kappa shape index (κ2) is 12.2. The average molecular weight is 574 g/mol. The molecule has 2 nitrogen and oxygen atoms in total. The van der Waals surface area contributed by atoms with Crippen LogP contribution in [0.5, 0.6) is 0 Å². The molecule has 0 amide bonds. The van der Waals surface area contributed by atoms with Crippen molar-refractivity contribution in [3.63, 3.8) is 0 Å². The maximum absolute atomic E-state index is 13.2. The maximum Gasteiger partial charge on any atom is 0.416 e. The summed E-state index contributed by atoms with van der Waals surface area (Å²) >= 11 is 1.56. The zero-order chi connectivity index (χ0) is 28.1. The van der Waals surface area contributed by atoms with Crippen molar-refractivity contribution in [3.05, 3.63) is 150 Å². The average Bonchev–Trinajstić information content (AvgIpc) is 2.99. The molecule has 7 heteroatoms. The predicted octanol–water partition coefficient (Wildman–Crippen LogP) is 8.68. The highest BCUT2D eigenvalue weighted by atomic mass is 32.2. The molecule has 0 spiro atoms. The first-order chi connectivity index (χ1) is 19.3. The molecule has 0 saturated heterocycles. The number of carbonyl (C=O) groups is 1.